The summed E-state index contributed by atoms with van der Waals surface area (Å²) in [6.45, 7) is 0.734. The maximum Gasteiger partial charge on any atom is 0.166 e. The molecule has 1 atom stereocenters. The normalized spacial score (nSPS) is 21.6. The van der Waals surface area contributed by atoms with E-state index >= 15 is 0 Å². The minimum atomic E-state index is 0.203. The topological polar surface area (TPSA) is 34.9 Å². The zero-order valence-electron chi connectivity index (χ0n) is 11.1. The number of imidazole rings is 1. The fourth-order valence-corrected chi connectivity index (χ4v) is 3.56. The third kappa shape index (κ3) is 1.66. The van der Waals surface area contributed by atoms with Crippen molar-refractivity contribution >= 4 is 28.4 Å². The van der Waals surface area contributed by atoms with E-state index in [4.69, 9.17) is 16.6 Å². The number of hydrogen-bond donors (Lipinski definition) is 0. The van der Waals surface area contributed by atoms with Crippen LogP contribution in [0.5, 0.6) is 0 Å². The van der Waals surface area contributed by atoms with Gasteiger partial charge < -0.3 is 4.57 Å². The number of nitrogens with zero attached hydrogens (tertiary/aromatic N) is 2. The number of carbonyl (C=O) groups is 1. The predicted octanol–water partition coefficient (Wildman–Crippen LogP) is 4.10. The Kier molecular flexibility index (Phi) is 2.71. The van der Waals surface area contributed by atoms with Crippen LogP contribution in [0.15, 0.2) is 24.3 Å². The Morgan fingerprint density at radius 2 is 2.20 bits per heavy atom. The molecular weight excluding hydrogens is 272 g/mol. The first-order chi connectivity index (χ1) is 9.75. The Labute approximate surface area is 122 Å². The highest BCUT2D eigenvalue weighted by Gasteiger charge is 2.27. The quantitative estimate of drug-likeness (QED) is 0.740. The molecule has 0 fully saturated rings. The van der Waals surface area contributed by atoms with Crippen molar-refractivity contribution in [1.82, 2.24) is 9.55 Å². The summed E-state index contributed by atoms with van der Waals surface area (Å²) in [5.74, 6) is 1.75. The van der Waals surface area contributed by atoms with Crippen LogP contribution < -0.4 is 0 Å². The minimum Gasteiger partial charge on any atom is -0.327 e. The number of rotatable bonds is 1. The minimum absolute atomic E-state index is 0.203. The Morgan fingerprint density at radius 3 is 3.00 bits per heavy atom. The van der Waals surface area contributed by atoms with Gasteiger partial charge in [-0.2, -0.15) is 0 Å². The first-order valence-electron chi connectivity index (χ1n) is 7.12. The molecule has 1 aliphatic carbocycles. The van der Waals surface area contributed by atoms with Crippen LogP contribution in [0, 0.1) is 0 Å². The second-order valence-electron chi connectivity index (χ2n) is 5.57. The van der Waals surface area contributed by atoms with E-state index in [1.54, 1.807) is 6.07 Å². The smallest absolute Gasteiger partial charge is 0.166 e. The van der Waals surface area contributed by atoms with Crippen molar-refractivity contribution in [3.63, 3.8) is 0 Å². The van der Waals surface area contributed by atoms with Gasteiger partial charge in [-0.3, -0.25) is 4.79 Å². The highest BCUT2D eigenvalue weighted by Crippen LogP contribution is 2.36. The average molecular weight is 287 g/mol. The molecule has 102 valence electrons. The van der Waals surface area contributed by atoms with Crippen molar-refractivity contribution in [2.24, 2.45) is 0 Å². The largest absolute Gasteiger partial charge is 0.327 e. The van der Waals surface area contributed by atoms with Gasteiger partial charge in [-0.05, 0) is 31.4 Å². The van der Waals surface area contributed by atoms with Crippen LogP contribution in [-0.2, 0) is 6.54 Å². The number of ketones is 1. The molecule has 2 heterocycles. The third-order valence-corrected chi connectivity index (χ3v) is 4.68. The summed E-state index contributed by atoms with van der Waals surface area (Å²) in [5.41, 5.74) is 2.51. The zero-order chi connectivity index (χ0) is 13.7. The third-order valence-electron chi connectivity index (χ3n) is 4.37. The number of halogens is 1. The highest BCUT2D eigenvalue weighted by atomic mass is 35.5. The first kappa shape index (κ1) is 12.2. The van der Waals surface area contributed by atoms with Gasteiger partial charge in [0.05, 0.1) is 10.5 Å². The molecule has 0 saturated carbocycles. The van der Waals surface area contributed by atoms with Crippen LogP contribution in [0.1, 0.15) is 47.8 Å². The molecule has 0 N–H and O–H groups in total. The van der Waals surface area contributed by atoms with Gasteiger partial charge in [0.2, 0.25) is 0 Å². The zero-order valence-corrected chi connectivity index (χ0v) is 11.9. The molecule has 0 spiro atoms. The van der Waals surface area contributed by atoms with Crippen molar-refractivity contribution in [2.75, 3.05) is 0 Å². The molecule has 0 saturated heterocycles. The average Bonchev–Trinajstić information content (AvgIpc) is 2.87. The first-order valence-corrected chi connectivity index (χ1v) is 7.50. The van der Waals surface area contributed by atoms with Gasteiger partial charge in [0.15, 0.2) is 5.78 Å². The van der Waals surface area contributed by atoms with E-state index in [1.165, 1.54) is 0 Å². The van der Waals surface area contributed by atoms with Crippen molar-refractivity contribution < 1.29 is 4.79 Å². The molecule has 0 bridgehead atoms. The molecule has 3 nitrogen and oxygen atoms in total. The van der Waals surface area contributed by atoms with Gasteiger partial charge in [0.1, 0.15) is 11.3 Å². The fraction of sp³-hybridized carbons (Fsp3) is 0.375. The molecule has 2 aromatic rings. The Hall–Kier alpha value is -1.61. The lowest BCUT2D eigenvalue weighted by Crippen LogP contribution is -2.18. The standard InChI is InChI=1S/C16H15ClN2O/c17-12-7-6-11-13(20)8-9-19-15(11)14(12)18-16(19)10-4-2-1-3-5-10/h1-2,6-7,10H,3-5,8-9H2. The maximum absolute atomic E-state index is 12.1. The van der Waals surface area contributed by atoms with Crippen LogP contribution in [0.4, 0.5) is 0 Å². The molecule has 2 aliphatic rings. The molecule has 4 heteroatoms. The maximum atomic E-state index is 12.1. The van der Waals surface area contributed by atoms with Crippen LogP contribution in [0.25, 0.3) is 11.0 Å². The van der Waals surface area contributed by atoms with Crippen molar-refractivity contribution in [2.45, 2.75) is 38.1 Å². The summed E-state index contributed by atoms with van der Waals surface area (Å²) in [6.07, 6.45) is 8.29. The monoisotopic (exact) mass is 286 g/mol. The summed E-state index contributed by atoms with van der Waals surface area (Å²) >= 11 is 6.28. The van der Waals surface area contributed by atoms with E-state index in [0.717, 1.165) is 48.2 Å². The Morgan fingerprint density at radius 1 is 1.30 bits per heavy atom. The van der Waals surface area contributed by atoms with Gasteiger partial charge in [-0.25, -0.2) is 4.98 Å². The van der Waals surface area contributed by atoms with Crippen LogP contribution >= 0.6 is 11.6 Å². The molecule has 20 heavy (non-hydrogen) atoms. The van der Waals surface area contributed by atoms with E-state index in [1.807, 2.05) is 6.07 Å². The van der Waals surface area contributed by atoms with Crippen molar-refractivity contribution in [3.8, 4) is 0 Å². The second-order valence-corrected chi connectivity index (χ2v) is 5.98. The molecule has 1 aromatic heterocycles. The van der Waals surface area contributed by atoms with Gasteiger partial charge in [0, 0.05) is 24.4 Å². The summed E-state index contributed by atoms with van der Waals surface area (Å²) in [4.78, 5) is 16.9. The van der Waals surface area contributed by atoms with Gasteiger partial charge in [-0.1, -0.05) is 23.8 Å². The SMILES string of the molecule is O=C1CCn2c(C3CC=CCC3)nc3c(Cl)ccc1c32. The lowest BCUT2D eigenvalue weighted by Gasteiger charge is -2.21. The summed E-state index contributed by atoms with van der Waals surface area (Å²) < 4.78 is 2.22. The summed E-state index contributed by atoms with van der Waals surface area (Å²) in [6, 6.07) is 3.64. The molecular formula is C16H15ClN2O. The number of benzene rings is 1. The van der Waals surface area contributed by atoms with E-state index < -0.39 is 0 Å². The number of aryl methyl sites for hydroxylation is 1. The van der Waals surface area contributed by atoms with E-state index in [-0.39, 0.29) is 5.78 Å². The van der Waals surface area contributed by atoms with Crippen molar-refractivity contribution in [1.29, 1.82) is 0 Å². The lowest BCUT2D eigenvalue weighted by atomic mass is 9.93. The number of hydrogen-bond acceptors (Lipinski definition) is 2. The predicted molar refractivity (Wildman–Crippen MR) is 79.4 cm³/mol. The molecule has 0 radical (unpaired) electrons. The van der Waals surface area contributed by atoms with Gasteiger partial charge in [0.25, 0.3) is 0 Å². The summed E-state index contributed by atoms with van der Waals surface area (Å²) in [7, 11) is 0. The van der Waals surface area contributed by atoms with Gasteiger partial charge >= 0.3 is 0 Å². The molecule has 4 rings (SSSR count). The fourth-order valence-electron chi connectivity index (χ4n) is 3.36. The second kappa shape index (κ2) is 4.45. The molecule has 0 amide bonds. The number of carbonyl (C=O) groups excluding carboxylic acids is 1. The van der Waals surface area contributed by atoms with E-state index in [9.17, 15) is 4.79 Å². The number of allylic oxidation sites excluding steroid dienone is 2. The highest BCUT2D eigenvalue weighted by molar-refractivity contribution is 6.35. The molecule has 1 aliphatic heterocycles. The van der Waals surface area contributed by atoms with Crippen LogP contribution in [0.3, 0.4) is 0 Å². The summed E-state index contributed by atoms with van der Waals surface area (Å²) in [5, 5.41) is 0.643. The Bertz CT molecular complexity index is 745. The van der Waals surface area contributed by atoms with E-state index in [0.29, 0.717) is 17.4 Å². The van der Waals surface area contributed by atoms with Crippen molar-refractivity contribution in [3.05, 3.63) is 40.7 Å². The molecule has 1 unspecified atom stereocenters. The van der Waals surface area contributed by atoms with Crippen LogP contribution in [0.2, 0.25) is 5.02 Å². The van der Waals surface area contributed by atoms with Crippen LogP contribution in [-0.4, -0.2) is 15.3 Å². The number of aromatic nitrogens is 2. The Balaban J connectivity index is 1.98. The molecule has 1 aromatic carbocycles. The number of Topliss-reactive ketones (excluding diaryl/α,β-unsaturated/α-hetero) is 1. The lowest BCUT2D eigenvalue weighted by molar-refractivity contribution is 0.0972. The van der Waals surface area contributed by atoms with Gasteiger partial charge in [-0.15, -0.1) is 0 Å². The van der Waals surface area contributed by atoms with E-state index in [2.05, 4.69) is 16.7 Å².